The van der Waals surface area contributed by atoms with Gasteiger partial charge in [-0.3, -0.25) is 0 Å². The van der Waals surface area contributed by atoms with Crippen molar-refractivity contribution in [2.45, 2.75) is 18.4 Å². The van der Waals surface area contributed by atoms with Gasteiger partial charge in [-0.15, -0.1) is 0 Å². The number of hydrogen-bond acceptors (Lipinski definition) is 3. The van der Waals surface area contributed by atoms with E-state index in [0.29, 0.717) is 12.8 Å². The molecule has 0 aromatic rings. The van der Waals surface area contributed by atoms with E-state index in [2.05, 4.69) is 4.90 Å². The first kappa shape index (κ1) is 7.52. The zero-order valence-electron chi connectivity index (χ0n) is 6.17. The fourth-order valence-corrected chi connectivity index (χ4v) is 1.10. The van der Waals surface area contributed by atoms with Crippen LogP contribution in [0.15, 0.2) is 0 Å². The molecule has 0 atom stereocenters. The topological polar surface area (TPSA) is 47.3 Å². The molecule has 0 spiro atoms. The highest BCUT2D eigenvalue weighted by atomic mass is 16.3. The molecule has 1 saturated heterocycles. The molecule has 0 radical (unpaired) electrons. The molecule has 56 valence electrons. The van der Waals surface area contributed by atoms with E-state index in [9.17, 15) is 5.11 Å². The quantitative estimate of drug-likeness (QED) is 0.480. The van der Waals surface area contributed by atoms with Crippen LogP contribution in [-0.2, 0) is 0 Å². The lowest BCUT2D eigenvalue weighted by Gasteiger charge is -2.30. The second-order valence-electron chi connectivity index (χ2n) is 2.95. The number of aliphatic hydroxyl groups is 1. The van der Waals surface area contributed by atoms with Gasteiger partial charge in [0, 0.05) is 25.9 Å². The number of hydrogen-bond donors (Lipinski definition) is 1. The van der Waals surface area contributed by atoms with E-state index in [1.54, 1.807) is 0 Å². The fraction of sp³-hybridized carbons (Fsp3) is 0.857. The van der Waals surface area contributed by atoms with Crippen LogP contribution in [0.4, 0.5) is 0 Å². The predicted octanol–water partition coefficient (Wildman–Crippen LogP) is -0.0333. The maximum absolute atomic E-state index is 9.41. The van der Waals surface area contributed by atoms with Crippen LogP contribution in [0, 0.1) is 11.3 Å². The second-order valence-corrected chi connectivity index (χ2v) is 2.95. The standard InChI is InChI=1S/C7H12N2O/c1-9-4-2-7(10,6-8)3-5-9/h10H,2-5H2,1H3. The number of rotatable bonds is 0. The first-order valence-corrected chi connectivity index (χ1v) is 3.48. The molecule has 1 aliphatic heterocycles. The molecule has 3 heteroatoms. The Morgan fingerprint density at radius 2 is 2.00 bits per heavy atom. The predicted molar refractivity (Wildman–Crippen MR) is 37.3 cm³/mol. The third-order valence-corrected chi connectivity index (χ3v) is 2.02. The minimum absolute atomic E-state index is 0.583. The van der Waals surface area contributed by atoms with Crippen LogP contribution in [0.5, 0.6) is 0 Å². The normalized spacial score (nSPS) is 25.7. The first-order chi connectivity index (χ1) is 4.66. The molecule has 0 aromatic carbocycles. The smallest absolute Gasteiger partial charge is 0.153 e. The SMILES string of the molecule is CN1CCC(O)(C#N)CC1. The van der Waals surface area contributed by atoms with E-state index >= 15 is 0 Å². The van der Waals surface area contributed by atoms with Gasteiger partial charge in [0.15, 0.2) is 5.60 Å². The minimum Gasteiger partial charge on any atom is -0.375 e. The lowest BCUT2D eigenvalue weighted by molar-refractivity contribution is 0.0332. The van der Waals surface area contributed by atoms with Crippen LogP contribution in [0.2, 0.25) is 0 Å². The summed E-state index contributed by atoms with van der Waals surface area (Å²) < 4.78 is 0. The zero-order chi connectivity index (χ0) is 7.61. The van der Waals surface area contributed by atoms with E-state index in [-0.39, 0.29) is 0 Å². The number of likely N-dealkylation sites (tertiary alicyclic amines) is 1. The number of nitrogens with zero attached hydrogens (tertiary/aromatic N) is 2. The van der Waals surface area contributed by atoms with Gasteiger partial charge in [-0.1, -0.05) is 0 Å². The summed E-state index contributed by atoms with van der Waals surface area (Å²) in [7, 11) is 2.00. The maximum atomic E-state index is 9.41. The number of piperidine rings is 1. The Bertz CT molecular complexity index is 153. The molecule has 1 fully saturated rings. The van der Waals surface area contributed by atoms with Crippen molar-refractivity contribution in [3.8, 4) is 6.07 Å². The van der Waals surface area contributed by atoms with E-state index in [0.717, 1.165) is 13.1 Å². The average molecular weight is 140 g/mol. The summed E-state index contributed by atoms with van der Waals surface area (Å²) in [4.78, 5) is 2.12. The Morgan fingerprint density at radius 3 is 2.40 bits per heavy atom. The van der Waals surface area contributed by atoms with Gasteiger partial charge in [0.1, 0.15) is 0 Å². The molecule has 1 aliphatic rings. The van der Waals surface area contributed by atoms with Gasteiger partial charge >= 0.3 is 0 Å². The summed E-state index contributed by atoms with van der Waals surface area (Å²) in [5.74, 6) is 0. The molecule has 0 saturated carbocycles. The Kier molecular flexibility index (Phi) is 1.93. The van der Waals surface area contributed by atoms with Crippen molar-refractivity contribution in [3.05, 3.63) is 0 Å². The van der Waals surface area contributed by atoms with Crippen LogP contribution in [-0.4, -0.2) is 35.7 Å². The van der Waals surface area contributed by atoms with E-state index in [1.165, 1.54) is 0 Å². The Labute approximate surface area is 60.9 Å². The summed E-state index contributed by atoms with van der Waals surface area (Å²) in [6.07, 6.45) is 1.17. The van der Waals surface area contributed by atoms with Crippen molar-refractivity contribution in [3.63, 3.8) is 0 Å². The second kappa shape index (κ2) is 2.57. The van der Waals surface area contributed by atoms with Gasteiger partial charge in [-0.05, 0) is 7.05 Å². The maximum Gasteiger partial charge on any atom is 0.153 e. The molecule has 0 unspecified atom stereocenters. The van der Waals surface area contributed by atoms with Crippen molar-refractivity contribution in [2.75, 3.05) is 20.1 Å². The zero-order valence-corrected chi connectivity index (χ0v) is 6.17. The van der Waals surface area contributed by atoms with Gasteiger partial charge < -0.3 is 10.0 Å². The van der Waals surface area contributed by atoms with Crippen molar-refractivity contribution < 1.29 is 5.11 Å². The fourth-order valence-electron chi connectivity index (χ4n) is 1.10. The van der Waals surface area contributed by atoms with Gasteiger partial charge in [0.2, 0.25) is 0 Å². The Balaban J connectivity index is 2.48. The highest BCUT2D eigenvalue weighted by molar-refractivity contribution is 5.02. The third kappa shape index (κ3) is 1.47. The van der Waals surface area contributed by atoms with Crippen LogP contribution >= 0.6 is 0 Å². The Morgan fingerprint density at radius 1 is 1.50 bits per heavy atom. The molecule has 0 aliphatic carbocycles. The first-order valence-electron chi connectivity index (χ1n) is 3.48. The monoisotopic (exact) mass is 140 g/mol. The van der Waals surface area contributed by atoms with Crippen molar-refractivity contribution in [2.24, 2.45) is 0 Å². The van der Waals surface area contributed by atoms with Gasteiger partial charge in [-0.2, -0.15) is 5.26 Å². The molecule has 1 N–H and O–H groups in total. The average Bonchev–Trinajstić information content (AvgIpc) is 1.96. The molecule has 1 heterocycles. The van der Waals surface area contributed by atoms with Crippen LogP contribution in [0.25, 0.3) is 0 Å². The van der Waals surface area contributed by atoms with Crippen LogP contribution in [0.3, 0.4) is 0 Å². The molecular formula is C7H12N2O. The van der Waals surface area contributed by atoms with Gasteiger partial charge in [-0.25, -0.2) is 0 Å². The molecule has 1 rings (SSSR count). The summed E-state index contributed by atoms with van der Waals surface area (Å²) in [6, 6.07) is 1.93. The lowest BCUT2D eigenvalue weighted by Crippen LogP contribution is -2.41. The van der Waals surface area contributed by atoms with Gasteiger partial charge in [0.05, 0.1) is 6.07 Å². The molecule has 0 amide bonds. The lowest BCUT2D eigenvalue weighted by atomic mass is 9.94. The summed E-state index contributed by atoms with van der Waals surface area (Å²) in [5.41, 5.74) is -1.04. The van der Waals surface area contributed by atoms with Crippen LogP contribution < -0.4 is 0 Å². The highest BCUT2D eigenvalue weighted by Gasteiger charge is 2.30. The van der Waals surface area contributed by atoms with Gasteiger partial charge in [0.25, 0.3) is 0 Å². The Hall–Kier alpha value is -0.590. The molecular weight excluding hydrogens is 128 g/mol. The summed E-state index contributed by atoms with van der Waals surface area (Å²) >= 11 is 0. The number of nitriles is 1. The van der Waals surface area contributed by atoms with Crippen molar-refractivity contribution in [1.82, 2.24) is 4.90 Å². The van der Waals surface area contributed by atoms with E-state index in [4.69, 9.17) is 5.26 Å². The molecule has 0 aromatic heterocycles. The molecule has 3 nitrogen and oxygen atoms in total. The largest absolute Gasteiger partial charge is 0.375 e. The van der Waals surface area contributed by atoms with Crippen LogP contribution in [0.1, 0.15) is 12.8 Å². The third-order valence-electron chi connectivity index (χ3n) is 2.02. The molecule has 10 heavy (non-hydrogen) atoms. The van der Waals surface area contributed by atoms with Crippen molar-refractivity contribution >= 4 is 0 Å². The van der Waals surface area contributed by atoms with E-state index in [1.807, 2.05) is 13.1 Å². The summed E-state index contributed by atoms with van der Waals surface area (Å²) in [5, 5.41) is 17.9. The summed E-state index contributed by atoms with van der Waals surface area (Å²) in [6.45, 7) is 1.65. The minimum atomic E-state index is -1.04. The van der Waals surface area contributed by atoms with Crippen molar-refractivity contribution in [1.29, 1.82) is 5.26 Å². The highest BCUT2D eigenvalue weighted by Crippen LogP contribution is 2.19. The molecule has 0 bridgehead atoms. The van der Waals surface area contributed by atoms with E-state index < -0.39 is 5.60 Å².